The topological polar surface area (TPSA) is 0 Å². The lowest BCUT2D eigenvalue weighted by molar-refractivity contribution is 0.167. The molecule has 2 unspecified atom stereocenters. The maximum atomic E-state index is 4.62. The van der Waals surface area contributed by atoms with Crippen LogP contribution in [-0.2, 0) is 5.41 Å². The number of hydrogen-bond acceptors (Lipinski definition) is 0. The number of hydrogen-bond donors (Lipinski definition) is 0. The fourth-order valence-corrected chi connectivity index (χ4v) is 7.75. The molecule has 0 radical (unpaired) electrons. The molecular weight excluding hydrogens is 252 g/mol. The maximum absolute atomic E-state index is 4.62. The SMILES string of the molecule is C=C1C2(C)C3(C)[C@@]2(C)[C@H](C)[C@@]1(C)[C@]3(C)c1ccc(C)cc1. The lowest BCUT2D eigenvalue weighted by atomic mass is 9.59. The van der Waals surface area contributed by atoms with Gasteiger partial charge in [0.25, 0.3) is 0 Å². The van der Waals surface area contributed by atoms with E-state index in [1.807, 2.05) is 0 Å². The first-order valence-electron chi connectivity index (χ1n) is 8.33. The summed E-state index contributed by atoms with van der Waals surface area (Å²) in [4.78, 5) is 0. The summed E-state index contributed by atoms with van der Waals surface area (Å²) in [5.41, 5.74) is 5.78. The minimum atomic E-state index is 0.188. The molecule has 112 valence electrons. The van der Waals surface area contributed by atoms with Crippen LogP contribution >= 0.6 is 0 Å². The lowest BCUT2D eigenvalue weighted by Crippen LogP contribution is -2.41. The van der Waals surface area contributed by atoms with Crippen molar-refractivity contribution >= 4 is 0 Å². The Bertz CT molecular complexity index is 682. The summed E-state index contributed by atoms with van der Waals surface area (Å²) in [6.45, 7) is 21.8. The minimum absolute atomic E-state index is 0.188. The van der Waals surface area contributed by atoms with Crippen molar-refractivity contribution in [2.24, 2.45) is 27.6 Å². The van der Waals surface area contributed by atoms with Crippen LogP contribution in [-0.4, -0.2) is 0 Å². The third-order valence-electron chi connectivity index (χ3n) is 9.64. The van der Waals surface area contributed by atoms with Crippen molar-refractivity contribution in [3.05, 3.63) is 47.5 Å². The molecule has 0 saturated heterocycles. The Hall–Kier alpha value is -1.04. The summed E-state index contributed by atoms with van der Waals surface area (Å²) >= 11 is 0. The first-order chi connectivity index (χ1) is 9.56. The molecule has 4 saturated carbocycles. The van der Waals surface area contributed by atoms with E-state index in [0.717, 1.165) is 0 Å². The normalized spacial score (nSPS) is 56.9. The highest BCUT2D eigenvalue weighted by Crippen LogP contribution is 3.04. The van der Waals surface area contributed by atoms with Gasteiger partial charge in [0.05, 0.1) is 0 Å². The number of allylic oxidation sites excluding steroid dienone is 1. The van der Waals surface area contributed by atoms with Crippen LogP contribution in [0.5, 0.6) is 0 Å². The van der Waals surface area contributed by atoms with E-state index >= 15 is 0 Å². The monoisotopic (exact) mass is 280 g/mol. The molecule has 0 aromatic heterocycles. The van der Waals surface area contributed by atoms with Gasteiger partial charge in [0.2, 0.25) is 0 Å². The maximum Gasteiger partial charge on any atom is 0.00863 e. The summed E-state index contributed by atoms with van der Waals surface area (Å²) in [6.07, 6.45) is 0. The highest BCUT2D eigenvalue weighted by Gasteiger charge is 3.01. The third kappa shape index (κ3) is 0.812. The molecule has 4 aliphatic carbocycles. The number of rotatable bonds is 1. The molecule has 21 heavy (non-hydrogen) atoms. The zero-order valence-corrected chi connectivity index (χ0v) is 14.6. The zero-order valence-electron chi connectivity index (χ0n) is 14.6. The predicted molar refractivity (Wildman–Crippen MR) is 89.3 cm³/mol. The van der Waals surface area contributed by atoms with Gasteiger partial charge in [0, 0.05) is 16.2 Å². The van der Waals surface area contributed by atoms with Crippen LogP contribution in [0.1, 0.15) is 52.7 Å². The summed E-state index contributed by atoms with van der Waals surface area (Å²) in [6, 6.07) is 9.29. The van der Waals surface area contributed by atoms with E-state index < -0.39 is 0 Å². The van der Waals surface area contributed by atoms with Gasteiger partial charge in [-0.15, -0.1) is 0 Å². The van der Waals surface area contributed by atoms with Crippen LogP contribution in [0.2, 0.25) is 0 Å². The third-order valence-corrected chi connectivity index (χ3v) is 9.64. The van der Waals surface area contributed by atoms with Gasteiger partial charge in [-0.25, -0.2) is 0 Å². The van der Waals surface area contributed by atoms with Crippen molar-refractivity contribution in [1.82, 2.24) is 0 Å². The van der Waals surface area contributed by atoms with E-state index in [1.54, 1.807) is 0 Å². The lowest BCUT2D eigenvalue weighted by Gasteiger charge is -2.44. The van der Waals surface area contributed by atoms with Crippen LogP contribution in [0.4, 0.5) is 0 Å². The molecular formula is C21H28. The Morgan fingerprint density at radius 3 is 1.76 bits per heavy atom. The van der Waals surface area contributed by atoms with Gasteiger partial charge in [-0.05, 0) is 29.2 Å². The summed E-state index contributed by atoms with van der Waals surface area (Å²) in [7, 11) is 0. The molecule has 6 atom stereocenters. The molecule has 0 N–H and O–H groups in total. The standard InChI is InChI=1S/C21H28/c1-13-9-11-16(12-10-13)20(7)17(4)14(2)18(5)19(6,15(17)3)21(18,20)8/h9-12,15H,2H2,1,3-8H3/t15-,17+,18?,19+,20+,21?/m1/s1. The van der Waals surface area contributed by atoms with Crippen molar-refractivity contribution in [2.45, 2.75) is 53.9 Å². The molecule has 0 nitrogen and oxygen atoms in total. The van der Waals surface area contributed by atoms with Crippen LogP contribution in [0.3, 0.4) is 0 Å². The first kappa shape index (κ1) is 13.6. The molecule has 0 heteroatoms. The smallest absolute Gasteiger partial charge is 0.00863 e. The first-order valence-corrected chi connectivity index (χ1v) is 8.33. The Balaban J connectivity index is 2.05. The summed E-state index contributed by atoms with van der Waals surface area (Å²) in [5.74, 6) is 0.693. The summed E-state index contributed by atoms with van der Waals surface area (Å²) < 4.78 is 0. The highest BCUT2D eigenvalue weighted by molar-refractivity contribution is 5.64. The Morgan fingerprint density at radius 1 is 0.905 bits per heavy atom. The van der Waals surface area contributed by atoms with E-state index in [2.05, 4.69) is 79.3 Å². The Labute approximate surface area is 129 Å². The largest absolute Gasteiger partial charge is 0.0987 e. The fraction of sp³-hybridized carbons (Fsp3) is 0.619. The van der Waals surface area contributed by atoms with Crippen LogP contribution in [0, 0.1) is 34.5 Å². The van der Waals surface area contributed by atoms with Crippen LogP contribution < -0.4 is 0 Å². The van der Waals surface area contributed by atoms with E-state index in [4.69, 9.17) is 0 Å². The second kappa shape index (κ2) is 3.03. The second-order valence-electron chi connectivity index (χ2n) is 8.85. The Morgan fingerprint density at radius 2 is 1.43 bits per heavy atom. The van der Waals surface area contributed by atoms with E-state index in [9.17, 15) is 0 Å². The molecule has 4 bridgehead atoms. The average molecular weight is 280 g/mol. The number of aryl methyl sites for hydroxylation is 1. The molecule has 4 aliphatic rings. The summed E-state index contributed by atoms with van der Waals surface area (Å²) in [5, 5.41) is 0. The molecule has 0 spiro atoms. The molecule has 0 aliphatic heterocycles. The van der Waals surface area contributed by atoms with E-state index in [0.29, 0.717) is 22.2 Å². The van der Waals surface area contributed by atoms with Gasteiger partial charge in [-0.1, -0.05) is 83.5 Å². The van der Waals surface area contributed by atoms with Gasteiger partial charge in [-0.2, -0.15) is 0 Å². The van der Waals surface area contributed by atoms with Crippen LogP contribution in [0.25, 0.3) is 0 Å². The molecule has 1 aromatic carbocycles. The molecule has 5 rings (SSSR count). The van der Waals surface area contributed by atoms with Crippen molar-refractivity contribution in [1.29, 1.82) is 0 Å². The van der Waals surface area contributed by atoms with Crippen molar-refractivity contribution < 1.29 is 0 Å². The average Bonchev–Trinajstić information content (AvgIpc) is 2.73. The molecule has 4 fully saturated rings. The predicted octanol–water partition coefficient (Wildman–Crippen LogP) is 5.51. The minimum Gasteiger partial charge on any atom is -0.0987 e. The van der Waals surface area contributed by atoms with Crippen molar-refractivity contribution in [2.75, 3.05) is 0 Å². The van der Waals surface area contributed by atoms with Gasteiger partial charge < -0.3 is 0 Å². The number of benzene rings is 1. The quantitative estimate of drug-likeness (QED) is 0.595. The molecule has 1 aromatic rings. The van der Waals surface area contributed by atoms with Crippen LogP contribution in [0.15, 0.2) is 36.4 Å². The van der Waals surface area contributed by atoms with E-state index in [-0.39, 0.29) is 10.8 Å². The van der Waals surface area contributed by atoms with E-state index in [1.165, 1.54) is 16.7 Å². The van der Waals surface area contributed by atoms with Crippen molar-refractivity contribution in [3.63, 3.8) is 0 Å². The molecule has 0 amide bonds. The zero-order chi connectivity index (χ0) is 15.6. The van der Waals surface area contributed by atoms with Crippen molar-refractivity contribution in [3.8, 4) is 0 Å². The molecule has 0 heterocycles. The van der Waals surface area contributed by atoms with Gasteiger partial charge in [-0.3, -0.25) is 0 Å². The van der Waals surface area contributed by atoms with Gasteiger partial charge in [0.1, 0.15) is 0 Å². The Kier molecular flexibility index (Phi) is 1.96. The fourth-order valence-electron chi connectivity index (χ4n) is 7.75. The highest BCUT2D eigenvalue weighted by atomic mass is 15.0. The van der Waals surface area contributed by atoms with Gasteiger partial charge in [0.15, 0.2) is 0 Å². The van der Waals surface area contributed by atoms with Gasteiger partial charge >= 0.3 is 0 Å². The second-order valence-corrected chi connectivity index (χ2v) is 8.85.